The first kappa shape index (κ1) is 19.4. The quantitative estimate of drug-likeness (QED) is 0.441. The van der Waals surface area contributed by atoms with Gasteiger partial charge < -0.3 is 0 Å². The van der Waals surface area contributed by atoms with Crippen molar-refractivity contribution >= 4 is 23.9 Å². The summed E-state index contributed by atoms with van der Waals surface area (Å²) < 4.78 is 38.4. The molecule has 0 bridgehead atoms. The number of nitrogens with zero attached hydrogens (tertiary/aromatic N) is 2. The number of hydrazine groups is 2. The van der Waals surface area contributed by atoms with E-state index in [4.69, 9.17) is 11.7 Å². The Bertz CT molecular complexity index is 820. The molecule has 9 heteroatoms. The molecule has 5 N–H and O–H groups in total. The molecule has 26 heavy (non-hydrogen) atoms. The zero-order valence-corrected chi connectivity index (χ0v) is 13.9. The molecule has 2 rings (SSSR count). The second-order valence-corrected chi connectivity index (χ2v) is 5.32. The fourth-order valence-electron chi connectivity index (χ4n) is 2.37. The third-order valence-electron chi connectivity index (χ3n) is 3.69. The van der Waals surface area contributed by atoms with Crippen LogP contribution in [0.25, 0.3) is 12.2 Å². The minimum absolute atomic E-state index is 0.128. The molecule has 0 aliphatic carbocycles. The van der Waals surface area contributed by atoms with Crippen LogP contribution in [-0.2, 0) is 12.6 Å². The van der Waals surface area contributed by atoms with Gasteiger partial charge in [0.25, 0.3) is 0 Å². The Morgan fingerprint density at radius 2 is 2.04 bits per heavy atom. The van der Waals surface area contributed by atoms with Gasteiger partial charge in [0.15, 0.2) is 0 Å². The molecule has 2 amide bonds. The molecule has 1 aromatic heterocycles. The Morgan fingerprint density at radius 1 is 1.31 bits per heavy atom. The summed E-state index contributed by atoms with van der Waals surface area (Å²) in [7, 11) is 0. The van der Waals surface area contributed by atoms with Crippen molar-refractivity contribution in [2.45, 2.75) is 19.5 Å². The minimum atomic E-state index is -4.45. The molecule has 0 unspecified atom stereocenters. The number of aromatic nitrogens is 1. The summed E-state index contributed by atoms with van der Waals surface area (Å²) >= 11 is 0. The monoisotopic (exact) mass is 365 g/mol. The molecule has 0 atom stereocenters. The number of halogens is 3. The summed E-state index contributed by atoms with van der Waals surface area (Å²) in [6.07, 6.45) is 0.265. The molecule has 6 nitrogen and oxygen atoms in total. The minimum Gasteiger partial charge on any atom is -0.274 e. The fourth-order valence-corrected chi connectivity index (χ4v) is 2.37. The molecule has 0 aliphatic rings. The van der Waals surface area contributed by atoms with Gasteiger partial charge in [-0.2, -0.15) is 13.2 Å². The maximum atomic E-state index is 12.8. The van der Waals surface area contributed by atoms with Gasteiger partial charge in [-0.25, -0.2) is 21.5 Å². The maximum absolute atomic E-state index is 12.8. The first-order chi connectivity index (χ1) is 12.3. The Labute approximate surface area is 148 Å². The van der Waals surface area contributed by atoms with Gasteiger partial charge >= 0.3 is 12.2 Å². The SMILES string of the molecule is CCc1cccc(N(N)C(=O)NN)c1/C=C/c1cc(C(F)(F)F)ccn1. The van der Waals surface area contributed by atoms with E-state index in [1.807, 2.05) is 18.4 Å². The van der Waals surface area contributed by atoms with Crippen molar-refractivity contribution in [1.29, 1.82) is 0 Å². The topological polar surface area (TPSA) is 97.3 Å². The van der Waals surface area contributed by atoms with Crippen molar-refractivity contribution < 1.29 is 18.0 Å². The molecule has 1 heterocycles. The van der Waals surface area contributed by atoms with Gasteiger partial charge in [0.05, 0.1) is 16.9 Å². The molecule has 0 radical (unpaired) electrons. The van der Waals surface area contributed by atoms with Crippen LogP contribution in [0.2, 0.25) is 0 Å². The van der Waals surface area contributed by atoms with Crippen molar-refractivity contribution in [3.63, 3.8) is 0 Å². The number of pyridine rings is 1. The maximum Gasteiger partial charge on any atom is 0.416 e. The number of hydrogen-bond donors (Lipinski definition) is 3. The normalized spacial score (nSPS) is 11.6. The van der Waals surface area contributed by atoms with E-state index in [0.717, 1.165) is 28.9 Å². The number of alkyl halides is 3. The lowest BCUT2D eigenvalue weighted by Gasteiger charge is -2.20. The van der Waals surface area contributed by atoms with E-state index < -0.39 is 17.8 Å². The van der Waals surface area contributed by atoms with Crippen molar-refractivity contribution in [3.8, 4) is 0 Å². The number of carbonyl (C=O) groups excluding carboxylic acids is 1. The number of nitrogens with two attached hydrogens (primary N) is 2. The van der Waals surface area contributed by atoms with Crippen molar-refractivity contribution in [1.82, 2.24) is 10.4 Å². The highest BCUT2D eigenvalue weighted by molar-refractivity contribution is 5.94. The second kappa shape index (κ2) is 7.98. The summed E-state index contributed by atoms with van der Waals surface area (Å²) in [5.41, 5.74) is 3.06. The van der Waals surface area contributed by atoms with E-state index in [1.165, 1.54) is 6.08 Å². The summed E-state index contributed by atoms with van der Waals surface area (Å²) in [5, 5.41) is 0.832. The number of hydrogen-bond acceptors (Lipinski definition) is 4. The second-order valence-electron chi connectivity index (χ2n) is 5.32. The Balaban J connectivity index is 2.45. The number of nitrogens with one attached hydrogen (secondary N) is 1. The summed E-state index contributed by atoms with van der Waals surface area (Å²) in [5.74, 6) is 10.9. The van der Waals surface area contributed by atoms with Crippen molar-refractivity contribution in [3.05, 3.63) is 58.9 Å². The first-order valence-corrected chi connectivity index (χ1v) is 7.66. The van der Waals surface area contributed by atoms with Crippen LogP contribution in [-0.4, -0.2) is 11.0 Å². The smallest absolute Gasteiger partial charge is 0.274 e. The average molecular weight is 365 g/mol. The van der Waals surface area contributed by atoms with Crippen molar-refractivity contribution in [2.75, 3.05) is 5.01 Å². The third kappa shape index (κ3) is 4.38. The molecular weight excluding hydrogens is 347 g/mol. The number of carbonyl (C=O) groups is 1. The zero-order chi connectivity index (χ0) is 19.3. The highest BCUT2D eigenvalue weighted by atomic mass is 19.4. The number of rotatable bonds is 4. The number of benzene rings is 1. The summed E-state index contributed by atoms with van der Waals surface area (Å²) in [6.45, 7) is 1.91. The number of urea groups is 1. The average Bonchev–Trinajstić information content (AvgIpc) is 2.64. The van der Waals surface area contributed by atoms with E-state index in [9.17, 15) is 18.0 Å². The van der Waals surface area contributed by atoms with E-state index in [0.29, 0.717) is 17.7 Å². The lowest BCUT2D eigenvalue weighted by atomic mass is 10.0. The largest absolute Gasteiger partial charge is 0.416 e. The number of amides is 2. The van der Waals surface area contributed by atoms with E-state index >= 15 is 0 Å². The lowest BCUT2D eigenvalue weighted by molar-refractivity contribution is -0.137. The molecular formula is C17H18F3N5O. The Morgan fingerprint density at radius 3 is 2.65 bits per heavy atom. The summed E-state index contributed by atoms with van der Waals surface area (Å²) in [4.78, 5) is 15.6. The van der Waals surface area contributed by atoms with Gasteiger partial charge in [-0.1, -0.05) is 25.1 Å². The van der Waals surface area contributed by atoms with Crippen LogP contribution in [0.1, 0.15) is 29.3 Å². The van der Waals surface area contributed by atoms with E-state index in [-0.39, 0.29) is 5.69 Å². The van der Waals surface area contributed by atoms with Crippen LogP contribution in [0, 0.1) is 0 Å². The Kier molecular flexibility index (Phi) is 5.96. The van der Waals surface area contributed by atoms with Gasteiger partial charge in [0.2, 0.25) is 0 Å². The number of aryl methyl sites for hydroxylation is 1. The lowest BCUT2D eigenvalue weighted by Crippen LogP contribution is -2.48. The highest BCUT2D eigenvalue weighted by Gasteiger charge is 2.30. The fraction of sp³-hybridized carbons (Fsp3) is 0.176. The zero-order valence-electron chi connectivity index (χ0n) is 13.9. The van der Waals surface area contributed by atoms with Crippen LogP contribution >= 0.6 is 0 Å². The van der Waals surface area contributed by atoms with Crippen LogP contribution in [0.3, 0.4) is 0 Å². The molecule has 138 valence electrons. The third-order valence-corrected chi connectivity index (χ3v) is 3.69. The molecule has 0 fully saturated rings. The van der Waals surface area contributed by atoms with Crippen LogP contribution < -0.4 is 22.1 Å². The van der Waals surface area contributed by atoms with Gasteiger partial charge in [-0.05, 0) is 36.3 Å². The number of anilines is 1. The molecule has 2 aromatic rings. The van der Waals surface area contributed by atoms with Gasteiger partial charge in [0, 0.05) is 11.8 Å². The van der Waals surface area contributed by atoms with E-state index in [1.54, 1.807) is 18.2 Å². The standard InChI is InChI=1S/C17H18F3N5O/c1-2-11-4-3-5-15(25(22)16(26)24-21)14(11)7-6-13-10-12(8-9-23-13)17(18,19)20/h3-10H,2,21-22H2,1H3,(H,24,26)/b7-6+. The molecule has 0 saturated heterocycles. The first-order valence-electron chi connectivity index (χ1n) is 7.66. The van der Waals surface area contributed by atoms with Crippen LogP contribution in [0.15, 0.2) is 36.5 Å². The highest BCUT2D eigenvalue weighted by Crippen LogP contribution is 2.30. The van der Waals surface area contributed by atoms with Crippen molar-refractivity contribution in [2.24, 2.45) is 11.7 Å². The van der Waals surface area contributed by atoms with Crippen LogP contribution in [0.5, 0.6) is 0 Å². The predicted octanol–water partition coefficient (Wildman–Crippen LogP) is 3.10. The predicted molar refractivity (Wildman–Crippen MR) is 93.4 cm³/mol. The molecule has 1 aromatic carbocycles. The Hall–Kier alpha value is -2.91. The summed E-state index contributed by atoms with van der Waals surface area (Å²) in [6, 6.07) is 6.26. The van der Waals surface area contributed by atoms with Gasteiger partial charge in [-0.3, -0.25) is 10.4 Å². The molecule has 0 saturated carbocycles. The van der Waals surface area contributed by atoms with E-state index in [2.05, 4.69) is 4.98 Å². The molecule has 0 aliphatic heterocycles. The van der Waals surface area contributed by atoms with Gasteiger partial charge in [-0.15, -0.1) is 0 Å². The molecule has 0 spiro atoms. The van der Waals surface area contributed by atoms with Gasteiger partial charge in [0.1, 0.15) is 0 Å². The van der Waals surface area contributed by atoms with Crippen LogP contribution in [0.4, 0.5) is 23.7 Å².